The highest BCUT2D eigenvalue weighted by Gasteiger charge is 2.18. The van der Waals surface area contributed by atoms with Crippen molar-refractivity contribution >= 4 is 8.32 Å². The Morgan fingerprint density at radius 1 is 1.21 bits per heavy atom. The summed E-state index contributed by atoms with van der Waals surface area (Å²) in [6.45, 7) is 8.49. The fourth-order valence-electron chi connectivity index (χ4n) is 1.28. The van der Waals surface area contributed by atoms with Gasteiger partial charge in [-0.25, -0.2) is 0 Å². The van der Waals surface area contributed by atoms with E-state index in [0.717, 1.165) is 11.3 Å². The first-order chi connectivity index (χ1) is 6.40. The molecule has 0 aliphatic carbocycles. The van der Waals surface area contributed by atoms with Crippen molar-refractivity contribution < 1.29 is 4.43 Å². The molecule has 1 aromatic rings. The van der Waals surface area contributed by atoms with Crippen LogP contribution >= 0.6 is 0 Å². The fraction of sp³-hybridized carbons (Fsp3) is 0.455. The van der Waals surface area contributed by atoms with E-state index in [1.54, 1.807) is 0 Å². The molecule has 2 nitrogen and oxygen atoms in total. The third-order valence-electron chi connectivity index (χ3n) is 1.83. The molecular formula is C11H19NOSi. The molecule has 0 saturated carbocycles. The summed E-state index contributed by atoms with van der Waals surface area (Å²) >= 11 is 0. The summed E-state index contributed by atoms with van der Waals surface area (Å²) in [6.07, 6.45) is 0. The minimum Gasteiger partial charge on any atom is -0.544 e. The molecule has 0 aromatic heterocycles. The second-order valence-electron chi connectivity index (χ2n) is 4.54. The van der Waals surface area contributed by atoms with Crippen LogP contribution < -0.4 is 10.2 Å². The van der Waals surface area contributed by atoms with Gasteiger partial charge in [-0.3, -0.25) is 0 Å². The maximum absolute atomic E-state index is 5.95. The maximum Gasteiger partial charge on any atom is 0.242 e. The Morgan fingerprint density at radius 2 is 1.79 bits per heavy atom. The molecule has 1 unspecified atom stereocenters. The van der Waals surface area contributed by atoms with Crippen molar-refractivity contribution in [3.8, 4) is 5.75 Å². The average Bonchev–Trinajstić information content (AvgIpc) is 2.01. The summed E-state index contributed by atoms with van der Waals surface area (Å²) < 4.78 is 5.95. The highest BCUT2D eigenvalue weighted by molar-refractivity contribution is 6.70. The third-order valence-corrected chi connectivity index (χ3v) is 2.66. The van der Waals surface area contributed by atoms with Crippen molar-refractivity contribution in [3.05, 3.63) is 29.8 Å². The normalized spacial score (nSPS) is 13.8. The minimum atomic E-state index is -1.53. The first kappa shape index (κ1) is 11.3. The van der Waals surface area contributed by atoms with Gasteiger partial charge in [0.05, 0.1) is 0 Å². The molecule has 14 heavy (non-hydrogen) atoms. The molecule has 0 saturated heterocycles. The Kier molecular flexibility index (Phi) is 3.34. The Hall–Kier alpha value is -0.803. The Bertz CT molecular complexity index is 304. The molecule has 0 aliphatic rings. The molecule has 0 aliphatic heterocycles. The molecule has 1 aromatic carbocycles. The number of para-hydroxylation sites is 1. The van der Waals surface area contributed by atoms with Gasteiger partial charge >= 0.3 is 0 Å². The van der Waals surface area contributed by atoms with Gasteiger partial charge in [0.15, 0.2) is 0 Å². The lowest BCUT2D eigenvalue weighted by molar-refractivity contribution is 0.542. The molecule has 0 heterocycles. The molecular weight excluding hydrogens is 190 g/mol. The Labute approximate surface area is 87.2 Å². The van der Waals surface area contributed by atoms with Crippen LogP contribution in [-0.2, 0) is 0 Å². The molecule has 2 N–H and O–H groups in total. The van der Waals surface area contributed by atoms with Crippen molar-refractivity contribution in [2.45, 2.75) is 32.6 Å². The van der Waals surface area contributed by atoms with Crippen LogP contribution in [0.15, 0.2) is 24.3 Å². The standard InChI is InChI=1S/C11H19NOSi/c1-9(12)10-7-5-6-8-11(10)13-14(2,3)4/h5-9H,12H2,1-4H3. The van der Waals surface area contributed by atoms with E-state index in [4.69, 9.17) is 10.2 Å². The first-order valence-electron chi connectivity index (χ1n) is 4.93. The molecule has 1 atom stereocenters. The topological polar surface area (TPSA) is 35.2 Å². The Morgan fingerprint density at radius 3 is 2.29 bits per heavy atom. The van der Waals surface area contributed by atoms with E-state index in [0.29, 0.717) is 0 Å². The lowest BCUT2D eigenvalue weighted by Gasteiger charge is -2.22. The smallest absolute Gasteiger partial charge is 0.242 e. The van der Waals surface area contributed by atoms with Crippen LogP contribution in [-0.4, -0.2) is 8.32 Å². The van der Waals surface area contributed by atoms with Crippen LogP contribution in [0.2, 0.25) is 19.6 Å². The average molecular weight is 209 g/mol. The molecule has 3 heteroatoms. The lowest BCUT2D eigenvalue weighted by atomic mass is 10.1. The molecule has 1 rings (SSSR count). The molecule has 0 amide bonds. The van der Waals surface area contributed by atoms with E-state index in [1.807, 2.05) is 31.2 Å². The summed E-state index contributed by atoms with van der Waals surface area (Å²) in [7, 11) is -1.53. The highest BCUT2D eigenvalue weighted by atomic mass is 28.4. The monoisotopic (exact) mass is 209 g/mol. The lowest BCUT2D eigenvalue weighted by Crippen LogP contribution is -2.30. The molecule has 0 bridgehead atoms. The Balaban J connectivity index is 2.96. The largest absolute Gasteiger partial charge is 0.544 e. The first-order valence-corrected chi connectivity index (χ1v) is 8.34. The number of hydrogen-bond acceptors (Lipinski definition) is 2. The van der Waals surface area contributed by atoms with Crippen molar-refractivity contribution in [2.75, 3.05) is 0 Å². The van der Waals surface area contributed by atoms with E-state index in [9.17, 15) is 0 Å². The number of hydrogen-bond donors (Lipinski definition) is 1. The third kappa shape index (κ3) is 3.16. The summed E-state index contributed by atoms with van der Waals surface area (Å²) in [5, 5.41) is 0. The van der Waals surface area contributed by atoms with E-state index in [1.165, 1.54) is 0 Å². The SMILES string of the molecule is CC(N)c1ccccc1O[Si](C)(C)C. The van der Waals surface area contributed by atoms with Gasteiger partial charge in [0.1, 0.15) is 5.75 Å². The zero-order valence-corrected chi connectivity index (χ0v) is 10.4. The van der Waals surface area contributed by atoms with Gasteiger partial charge < -0.3 is 10.2 Å². The van der Waals surface area contributed by atoms with Crippen molar-refractivity contribution in [3.63, 3.8) is 0 Å². The van der Waals surface area contributed by atoms with E-state index in [-0.39, 0.29) is 6.04 Å². The van der Waals surface area contributed by atoms with Crippen LogP contribution in [0.5, 0.6) is 5.75 Å². The van der Waals surface area contributed by atoms with Gasteiger partial charge in [0.25, 0.3) is 0 Å². The molecule has 78 valence electrons. The van der Waals surface area contributed by atoms with Crippen LogP contribution in [0, 0.1) is 0 Å². The van der Waals surface area contributed by atoms with Crippen molar-refractivity contribution in [1.82, 2.24) is 0 Å². The van der Waals surface area contributed by atoms with Gasteiger partial charge in [0.2, 0.25) is 8.32 Å². The summed E-state index contributed by atoms with van der Waals surface area (Å²) in [4.78, 5) is 0. The number of benzene rings is 1. The van der Waals surface area contributed by atoms with Crippen LogP contribution in [0.25, 0.3) is 0 Å². The summed E-state index contributed by atoms with van der Waals surface area (Å²) in [5.74, 6) is 0.946. The van der Waals surface area contributed by atoms with Gasteiger partial charge in [-0.15, -0.1) is 0 Å². The number of rotatable bonds is 3. The second-order valence-corrected chi connectivity index (χ2v) is 8.97. The summed E-state index contributed by atoms with van der Waals surface area (Å²) in [5.41, 5.74) is 6.96. The van der Waals surface area contributed by atoms with Gasteiger partial charge in [0, 0.05) is 11.6 Å². The quantitative estimate of drug-likeness (QED) is 0.777. The van der Waals surface area contributed by atoms with Crippen LogP contribution in [0.3, 0.4) is 0 Å². The van der Waals surface area contributed by atoms with Gasteiger partial charge in [-0.05, 0) is 32.6 Å². The molecule has 0 radical (unpaired) electrons. The molecule has 0 spiro atoms. The minimum absolute atomic E-state index is 0.0301. The zero-order chi connectivity index (χ0) is 10.8. The maximum atomic E-state index is 5.95. The second kappa shape index (κ2) is 4.15. The van der Waals surface area contributed by atoms with Crippen molar-refractivity contribution in [1.29, 1.82) is 0 Å². The zero-order valence-electron chi connectivity index (χ0n) is 9.37. The predicted molar refractivity (Wildman–Crippen MR) is 63.0 cm³/mol. The highest BCUT2D eigenvalue weighted by Crippen LogP contribution is 2.25. The van der Waals surface area contributed by atoms with Gasteiger partial charge in [-0.1, -0.05) is 18.2 Å². The van der Waals surface area contributed by atoms with Crippen LogP contribution in [0.4, 0.5) is 0 Å². The van der Waals surface area contributed by atoms with Crippen LogP contribution in [0.1, 0.15) is 18.5 Å². The predicted octanol–water partition coefficient (Wildman–Crippen LogP) is 2.92. The number of nitrogens with two attached hydrogens (primary N) is 1. The molecule has 0 fully saturated rings. The van der Waals surface area contributed by atoms with E-state index in [2.05, 4.69) is 19.6 Å². The van der Waals surface area contributed by atoms with E-state index >= 15 is 0 Å². The van der Waals surface area contributed by atoms with Gasteiger partial charge in [-0.2, -0.15) is 0 Å². The van der Waals surface area contributed by atoms with Crippen molar-refractivity contribution in [2.24, 2.45) is 5.73 Å². The fourth-order valence-corrected chi connectivity index (χ4v) is 2.13. The summed E-state index contributed by atoms with van der Waals surface area (Å²) in [6, 6.07) is 8.04. The van der Waals surface area contributed by atoms with E-state index < -0.39 is 8.32 Å².